The van der Waals surface area contributed by atoms with Gasteiger partial charge in [0.25, 0.3) is 0 Å². The number of rotatable bonds is 3. The summed E-state index contributed by atoms with van der Waals surface area (Å²) in [4.78, 5) is 0. The average molecular weight is 239 g/mol. The minimum absolute atomic E-state index is 0.240. The van der Waals surface area contributed by atoms with Crippen LogP contribution in [0.1, 0.15) is 5.56 Å². The molecular weight excluding hydrogens is 226 g/mol. The third-order valence-corrected chi connectivity index (χ3v) is 2.75. The Balaban J connectivity index is 2.43. The number of benzene rings is 2. The monoisotopic (exact) mass is 239 g/mol. The van der Waals surface area contributed by atoms with E-state index < -0.39 is 0 Å². The standard InChI is InChI=1S/C15H13NO2/c1-18-15-7-4-12(10-13(15)8-9-16)11-2-5-14(17)6-3-11/h2-7,10,17H,8H2,1H3. The number of nitriles is 1. The van der Waals surface area contributed by atoms with Gasteiger partial charge in [-0.2, -0.15) is 5.26 Å². The number of phenols is 1. The Kier molecular flexibility index (Phi) is 3.49. The van der Waals surface area contributed by atoms with Gasteiger partial charge < -0.3 is 9.84 Å². The third kappa shape index (κ3) is 2.44. The molecule has 0 spiro atoms. The van der Waals surface area contributed by atoms with Gasteiger partial charge in [-0.15, -0.1) is 0 Å². The Labute approximate surface area is 106 Å². The van der Waals surface area contributed by atoms with Crippen LogP contribution in [0.5, 0.6) is 11.5 Å². The Bertz CT molecular complexity index is 582. The van der Waals surface area contributed by atoms with E-state index in [9.17, 15) is 5.11 Å². The van der Waals surface area contributed by atoms with Gasteiger partial charge in [0.2, 0.25) is 0 Å². The summed E-state index contributed by atoms with van der Waals surface area (Å²) in [7, 11) is 1.59. The molecule has 0 unspecified atom stereocenters. The Morgan fingerprint density at radius 3 is 2.39 bits per heavy atom. The second-order valence-corrected chi connectivity index (χ2v) is 3.91. The van der Waals surface area contributed by atoms with E-state index in [0.29, 0.717) is 6.42 Å². The fourth-order valence-electron chi connectivity index (χ4n) is 1.84. The highest BCUT2D eigenvalue weighted by molar-refractivity contribution is 5.66. The second-order valence-electron chi connectivity index (χ2n) is 3.91. The molecule has 0 saturated heterocycles. The summed E-state index contributed by atoms with van der Waals surface area (Å²) < 4.78 is 5.22. The van der Waals surface area contributed by atoms with Crippen LogP contribution in [0.3, 0.4) is 0 Å². The van der Waals surface area contributed by atoms with E-state index in [0.717, 1.165) is 22.4 Å². The lowest BCUT2D eigenvalue weighted by Crippen LogP contribution is -1.91. The fraction of sp³-hybridized carbons (Fsp3) is 0.133. The number of methoxy groups -OCH3 is 1. The zero-order valence-electron chi connectivity index (χ0n) is 10.1. The number of hydrogen-bond donors (Lipinski definition) is 1. The summed E-state index contributed by atoms with van der Waals surface area (Å²) in [5, 5.41) is 18.1. The molecule has 90 valence electrons. The highest BCUT2D eigenvalue weighted by Crippen LogP contribution is 2.27. The quantitative estimate of drug-likeness (QED) is 0.895. The molecule has 2 aromatic carbocycles. The van der Waals surface area contributed by atoms with Crippen LogP contribution < -0.4 is 4.74 Å². The van der Waals surface area contributed by atoms with Crippen LogP contribution in [0.15, 0.2) is 42.5 Å². The van der Waals surface area contributed by atoms with Gasteiger partial charge >= 0.3 is 0 Å². The van der Waals surface area contributed by atoms with Crippen LogP contribution in [0.25, 0.3) is 11.1 Å². The van der Waals surface area contributed by atoms with Crippen LogP contribution in [-0.4, -0.2) is 12.2 Å². The Hall–Kier alpha value is -2.47. The summed E-state index contributed by atoms with van der Waals surface area (Å²) in [6.45, 7) is 0. The van der Waals surface area contributed by atoms with Gasteiger partial charge in [0.05, 0.1) is 19.6 Å². The number of nitrogens with zero attached hydrogens (tertiary/aromatic N) is 1. The van der Waals surface area contributed by atoms with E-state index in [1.807, 2.05) is 30.3 Å². The van der Waals surface area contributed by atoms with Crippen LogP contribution in [0.4, 0.5) is 0 Å². The minimum atomic E-state index is 0.240. The predicted octanol–water partition coefficient (Wildman–Crippen LogP) is 3.13. The van der Waals surface area contributed by atoms with Gasteiger partial charge in [-0.05, 0) is 35.4 Å². The molecular formula is C15H13NO2. The molecule has 0 aliphatic heterocycles. The summed E-state index contributed by atoms with van der Waals surface area (Å²) in [5.74, 6) is 0.962. The van der Waals surface area contributed by atoms with Crippen molar-refractivity contribution in [2.24, 2.45) is 0 Å². The highest BCUT2D eigenvalue weighted by atomic mass is 16.5. The summed E-state index contributed by atoms with van der Waals surface area (Å²) in [6.07, 6.45) is 0.315. The molecule has 2 aromatic rings. The van der Waals surface area contributed by atoms with Gasteiger partial charge in [-0.25, -0.2) is 0 Å². The first-order valence-electron chi connectivity index (χ1n) is 5.58. The van der Waals surface area contributed by atoms with Crippen molar-refractivity contribution in [3.05, 3.63) is 48.0 Å². The highest BCUT2D eigenvalue weighted by Gasteiger charge is 2.05. The van der Waals surface area contributed by atoms with Crippen molar-refractivity contribution in [3.8, 4) is 28.7 Å². The van der Waals surface area contributed by atoms with E-state index in [4.69, 9.17) is 10.00 Å². The molecule has 2 rings (SSSR count). The van der Waals surface area contributed by atoms with Crippen LogP contribution >= 0.6 is 0 Å². The molecule has 1 N–H and O–H groups in total. The number of ether oxygens (including phenoxy) is 1. The van der Waals surface area contributed by atoms with Crippen molar-refractivity contribution < 1.29 is 9.84 Å². The number of hydrogen-bond acceptors (Lipinski definition) is 3. The van der Waals surface area contributed by atoms with Gasteiger partial charge in [0.1, 0.15) is 11.5 Å². The first kappa shape index (κ1) is 12.0. The van der Waals surface area contributed by atoms with Crippen LogP contribution in [0, 0.1) is 11.3 Å². The maximum Gasteiger partial charge on any atom is 0.123 e. The Morgan fingerprint density at radius 1 is 1.11 bits per heavy atom. The molecule has 0 amide bonds. The molecule has 0 heterocycles. The summed E-state index contributed by atoms with van der Waals surface area (Å²) in [5.41, 5.74) is 2.86. The van der Waals surface area contributed by atoms with Crippen molar-refractivity contribution in [3.63, 3.8) is 0 Å². The molecule has 0 aromatic heterocycles. The zero-order valence-corrected chi connectivity index (χ0v) is 10.1. The first-order chi connectivity index (χ1) is 8.74. The van der Waals surface area contributed by atoms with Gasteiger partial charge in [0, 0.05) is 5.56 Å². The molecule has 18 heavy (non-hydrogen) atoms. The van der Waals surface area contributed by atoms with Crippen molar-refractivity contribution in [1.29, 1.82) is 5.26 Å². The average Bonchev–Trinajstić information content (AvgIpc) is 2.40. The molecule has 0 bridgehead atoms. The van der Waals surface area contributed by atoms with Gasteiger partial charge in [-0.3, -0.25) is 0 Å². The summed E-state index contributed by atoms with van der Waals surface area (Å²) in [6, 6.07) is 14.8. The van der Waals surface area contributed by atoms with Crippen LogP contribution in [-0.2, 0) is 6.42 Å². The maximum atomic E-state index is 9.26. The van der Waals surface area contributed by atoms with Crippen molar-refractivity contribution in [2.75, 3.05) is 7.11 Å². The second kappa shape index (κ2) is 5.24. The van der Waals surface area contributed by atoms with E-state index in [-0.39, 0.29) is 5.75 Å². The van der Waals surface area contributed by atoms with Crippen molar-refractivity contribution >= 4 is 0 Å². The van der Waals surface area contributed by atoms with E-state index in [1.165, 1.54) is 0 Å². The topological polar surface area (TPSA) is 53.2 Å². The fourth-order valence-corrected chi connectivity index (χ4v) is 1.84. The summed E-state index contributed by atoms with van der Waals surface area (Å²) >= 11 is 0. The van der Waals surface area contributed by atoms with Crippen molar-refractivity contribution in [1.82, 2.24) is 0 Å². The van der Waals surface area contributed by atoms with Crippen LogP contribution in [0.2, 0.25) is 0 Å². The predicted molar refractivity (Wildman–Crippen MR) is 69.4 cm³/mol. The smallest absolute Gasteiger partial charge is 0.123 e. The lowest BCUT2D eigenvalue weighted by Gasteiger charge is -2.08. The Morgan fingerprint density at radius 2 is 1.78 bits per heavy atom. The van der Waals surface area contributed by atoms with Gasteiger partial charge in [0.15, 0.2) is 0 Å². The first-order valence-corrected chi connectivity index (χ1v) is 5.58. The lowest BCUT2D eigenvalue weighted by atomic mass is 10.0. The van der Waals surface area contributed by atoms with Crippen molar-refractivity contribution in [2.45, 2.75) is 6.42 Å². The zero-order chi connectivity index (χ0) is 13.0. The SMILES string of the molecule is COc1ccc(-c2ccc(O)cc2)cc1CC#N. The molecule has 3 heteroatoms. The van der Waals surface area contributed by atoms with E-state index in [2.05, 4.69) is 6.07 Å². The lowest BCUT2D eigenvalue weighted by molar-refractivity contribution is 0.411. The molecule has 0 saturated carbocycles. The maximum absolute atomic E-state index is 9.26. The normalized spacial score (nSPS) is 9.78. The van der Waals surface area contributed by atoms with Gasteiger partial charge in [-0.1, -0.05) is 18.2 Å². The minimum Gasteiger partial charge on any atom is -0.508 e. The molecule has 0 aliphatic carbocycles. The number of phenolic OH excluding ortho intramolecular Hbond substituents is 1. The third-order valence-electron chi connectivity index (χ3n) is 2.75. The van der Waals surface area contributed by atoms with E-state index in [1.54, 1.807) is 19.2 Å². The molecule has 0 radical (unpaired) electrons. The van der Waals surface area contributed by atoms with E-state index >= 15 is 0 Å². The molecule has 0 fully saturated rings. The largest absolute Gasteiger partial charge is 0.508 e. The molecule has 0 aliphatic rings. The molecule has 3 nitrogen and oxygen atoms in total. The number of aromatic hydroxyl groups is 1. The molecule has 0 atom stereocenters.